The highest BCUT2D eigenvalue weighted by Gasteiger charge is 2.38. The Morgan fingerprint density at radius 1 is 1.16 bits per heavy atom. The molecule has 2 aliphatic rings. The van der Waals surface area contributed by atoms with Gasteiger partial charge in [0.1, 0.15) is 12.4 Å². The topological polar surface area (TPSA) is 114 Å². The van der Waals surface area contributed by atoms with Gasteiger partial charge in [-0.05, 0) is 12.5 Å². The lowest BCUT2D eigenvalue weighted by molar-refractivity contribution is -0.143. The van der Waals surface area contributed by atoms with E-state index in [0.29, 0.717) is 28.3 Å². The summed E-state index contributed by atoms with van der Waals surface area (Å²) in [5, 5.41) is 2.46. The van der Waals surface area contributed by atoms with Gasteiger partial charge in [0.05, 0.1) is 17.9 Å². The van der Waals surface area contributed by atoms with Crippen LogP contribution < -0.4 is 20.7 Å². The minimum absolute atomic E-state index is 0.200. The Morgan fingerprint density at radius 3 is 2.47 bits per heavy atom. The molecule has 0 spiro atoms. The molecule has 204 valence electrons. The molecule has 38 heavy (non-hydrogen) atoms. The number of alkyl halides is 3. The summed E-state index contributed by atoms with van der Waals surface area (Å²) in [5.41, 5.74) is 7.37. The zero-order valence-electron chi connectivity index (χ0n) is 21.3. The molecule has 0 aromatic heterocycles. The number of carbonyl (C=O) groups excluding carboxylic acids is 3. The van der Waals surface area contributed by atoms with Crippen molar-refractivity contribution in [3.8, 4) is 5.75 Å². The molecule has 4 rings (SSSR count). The second kappa shape index (κ2) is 12.6. The van der Waals surface area contributed by atoms with E-state index in [2.05, 4.69) is 24.2 Å². The van der Waals surface area contributed by atoms with E-state index < -0.39 is 55.2 Å². The molecule has 2 aromatic rings. The molecule has 0 saturated carbocycles. The van der Waals surface area contributed by atoms with Crippen LogP contribution in [0.25, 0.3) is 0 Å². The highest BCUT2D eigenvalue weighted by molar-refractivity contribution is 6.21. The monoisotopic (exact) mass is 532 g/mol. The molecule has 0 saturated heterocycles. The number of hydrogen-bond donors (Lipinski definition) is 2. The molecule has 11 heteroatoms. The summed E-state index contributed by atoms with van der Waals surface area (Å²) >= 11 is 0. The van der Waals surface area contributed by atoms with Crippen LogP contribution in [0.3, 0.4) is 0 Å². The van der Waals surface area contributed by atoms with Crippen molar-refractivity contribution in [1.29, 1.82) is 0 Å². The molecule has 2 atom stereocenters. The van der Waals surface area contributed by atoms with E-state index in [4.69, 9.17) is 10.5 Å². The summed E-state index contributed by atoms with van der Waals surface area (Å²) in [6.45, 7) is 4.67. The summed E-state index contributed by atoms with van der Waals surface area (Å²) in [4.78, 5) is 43.9. The number of para-hydroxylation sites is 1. The van der Waals surface area contributed by atoms with Crippen LogP contribution in [0.15, 0.2) is 53.5 Å². The van der Waals surface area contributed by atoms with Crippen molar-refractivity contribution >= 4 is 29.1 Å². The molecule has 3 N–H and O–H groups in total. The summed E-state index contributed by atoms with van der Waals surface area (Å²) in [7, 11) is 0. The molecule has 2 unspecified atom stereocenters. The number of ether oxygens (including phenoxy) is 1. The number of anilines is 1. The highest BCUT2D eigenvalue weighted by Crippen LogP contribution is 2.38. The minimum atomic E-state index is -4.52. The number of primary amides is 1. The van der Waals surface area contributed by atoms with Crippen LogP contribution in [0, 0.1) is 5.92 Å². The molecule has 0 fully saturated rings. The Labute approximate surface area is 219 Å². The van der Waals surface area contributed by atoms with Crippen molar-refractivity contribution < 1.29 is 32.3 Å². The normalized spacial score (nSPS) is 17.1. The molecule has 0 radical (unpaired) electrons. The average Bonchev–Trinajstić information content (AvgIpc) is 2.99. The summed E-state index contributed by atoms with van der Waals surface area (Å²) in [5.74, 6) is -3.26. The van der Waals surface area contributed by atoms with Gasteiger partial charge in [-0.1, -0.05) is 62.7 Å². The summed E-state index contributed by atoms with van der Waals surface area (Å²) in [6, 6.07) is 14.3. The Kier molecular flexibility index (Phi) is 9.49. The van der Waals surface area contributed by atoms with Crippen molar-refractivity contribution in [2.45, 2.75) is 51.9 Å². The Morgan fingerprint density at radius 2 is 1.84 bits per heavy atom. The number of carbonyl (C=O) groups is 3. The van der Waals surface area contributed by atoms with Crippen molar-refractivity contribution in [1.82, 2.24) is 5.32 Å². The maximum absolute atomic E-state index is 13.5. The SMILES string of the molecule is CCC.NC(=O)CC(CCC(F)(F)F)C(=O)NC1N=C(c2ccccc2)c2cccc3c2N(CCO3)C1=O. The molecule has 0 aliphatic carbocycles. The van der Waals surface area contributed by atoms with E-state index in [-0.39, 0.29) is 13.2 Å². The third-order valence-corrected chi connectivity index (χ3v) is 5.78. The van der Waals surface area contributed by atoms with E-state index in [1.54, 1.807) is 42.5 Å². The molecular weight excluding hydrogens is 501 g/mol. The lowest BCUT2D eigenvalue weighted by atomic mass is 9.97. The molecule has 2 aromatic carbocycles. The van der Waals surface area contributed by atoms with Gasteiger partial charge in [0.25, 0.3) is 5.91 Å². The third kappa shape index (κ3) is 7.11. The Balaban J connectivity index is 0.00000127. The van der Waals surface area contributed by atoms with Gasteiger partial charge in [0, 0.05) is 29.9 Å². The number of aliphatic imine (C=N–C) groups is 1. The fourth-order valence-electron chi connectivity index (χ4n) is 4.17. The lowest BCUT2D eigenvalue weighted by Crippen LogP contribution is -2.51. The maximum atomic E-state index is 13.5. The smallest absolute Gasteiger partial charge is 0.389 e. The molecular formula is C27H31F3N4O4. The van der Waals surface area contributed by atoms with Gasteiger partial charge in [-0.2, -0.15) is 13.2 Å². The van der Waals surface area contributed by atoms with Gasteiger partial charge in [0.15, 0.2) is 0 Å². The zero-order valence-corrected chi connectivity index (χ0v) is 21.3. The van der Waals surface area contributed by atoms with Gasteiger partial charge >= 0.3 is 6.18 Å². The average molecular weight is 533 g/mol. The number of rotatable bonds is 7. The number of nitrogens with one attached hydrogen (secondary N) is 1. The predicted molar refractivity (Wildman–Crippen MR) is 137 cm³/mol. The van der Waals surface area contributed by atoms with E-state index >= 15 is 0 Å². The van der Waals surface area contributed by atoms with Crippen LogP contribution in [0.1, 0.15) is 50.7 Å². The largest absolute Gasteiger partial charge is 0.490 e. The number of hydrogen-bond acceptors (Lipinski definition) is 5. The lowest BCUT2D eigenvalue weighted by Gasteiger charge is -2.31. The summed E-state index contributed by atoms with van der Waals surface area (Å²) in [6.07, 6.45) is -7.18. The third-order valence-electron chi connectivity index (χ3n) is 5.78. The molecule has 8 nitrogen and oxygen atoms in total. The van der Waals surface area contributed by atoms with Crippen molar-refractivity contribution in [2.24, 2.45) is 16.6 Å². The Bertz CT molecular complexity index is 1180. The van der Waals surface area contributed by atoms with Crippen LogP contribution in [0.2, 0.25) is 0 Å². The van der Waals surface area contributed by atoms with Crippen LogP contribution in [-0.4, -0.2) is 48.9 Å². The number of nitrogens with zero attached hydrogens (tertiary/aromatic N) is 2. The fourth-order valence-corrected chi connectivity index (χ4v) is 4.17. The Hall–Kier alpha value is -3.89. The number of benzene rings is 2. The van der Waals surface area contributed by atoms with Gasteiger partial charge in [-0.25, -0.2) is 4.99 Å². The number of halogens is 3. The van der Waals surface area contributed by atoms with E-state index in [1.165, 1.54) is 11.3 Å². The first-order valence-electron chi connectivity index (χ1n) is 12.4. The van der Waals surface area contributed by atoms with Crippen LogP contribution in [-0.2, 0) is 14.4 Å². The first-order valence-corrected chi connectivity index (χ1v) is 12.4. The van der Waals surface area contributed by atoms with Crippen LogP contribution in [0.4, 0.5) is 18.9 Å². The van der Waals surface area contributed by atoms with Gasteiger partial charge in [-0.3, -0.25) is 14.4 Å². The minimum Gasteiger partial charge on any atom is -0.490 e. The predicted octanol–water partition coefficient (Wildman–Crippen LogP) is 3.96. The first kappa shape index (κ1) is 28.7. The summed E-state index contributed by atoms with van der Waals surface area (Å²) < 4.78 is 44.1. The second-order valence-corrected chi connectivity index (χ2v) is 8.97. The van der Waals surface area contributed by atoms with Crippen LogP contribution in [0.5, 0.6) is 5.75 Å². The van der Waals surface area contributed by atoms with Gasteiger partial charge in [-0.15, -0.1) is 0 Å². The van der Waals surface area contributed by atoms with Crippen molar-refractivity contribution in [2.75, 3.05) is 18.1 Å². The van der Waals surface area contributed by atoms with E-state index in [9.17, 15) is 27.6 Å². The second-order valence-electron chi connectivity index (χ2n) is 8.97. The zero-order chi connectivity index (χ0) is 27.9. The number of nitrogens with two attached hydrogens (primary N) is 1. The standard InChI is InChI=1S/C24H23F3N4O4.C3H8/c25-24(26,27)10-9-15(13-18(28)32)22(33)30-21-23(34)31-11-12-35-17-8-4-7-16(20(17)31)19(29-21)14-5-2-1-3-6-14;1-3-2/h1-8,15,21H,9-13H2,(H2,28,32)(H,30,33);3H2,1-2H3. The molecule has 0 bridgehead atoms. The van der Waals surface area contributed by atoms with E-state index in [0.717, 1.165) is 0 Å². The van der Waals surface area contributed by atoms with Crippen LogP contribution >= 0.6 is 0 Å². The van der Waals surface area contributed by atoms with Crippen molar-refractivity contribution in [3.05, 3.63) is 59.7 Å². The fraction of sp³-hybridized carbons (Fsp3) is 0.407. The van der Waals surface area contributed by atoms with Gasteiger partial charge in [0.2, 0.25) is 18.0 Å². The van der Waals surface area contributed by atoms with Gasteiger partial charge < -0.3 is 20.7 Å². The highest BCUT2D eigenvalue weighted by atomic mass is 19.4. The molecule has 2 heterocycles. The first-order chi connectivity index (χ1) is 18.1. The number of amides is 3. The quantitative estimate of drug-likeness (QED) is 0.562. The van der Waals surface area contributed by atoms with Crippen molar-refractivity contribution in [3.63, 3.8) is 0 Å². The molecule has 2 aliphatic heterocycles. The van der Waals surface area contributed by atoms with E-state index in [1.807, 2.05) is 6.07 Å². The maximum Gasteiger partial charge on any atom is 0.389 e. The molecule has 3 amide bonds.